The third-order valence-electron chi connectivity index (χ3n) is 10.4. The smallest absolute Gasteiger partial charge is 0.192 e. The van der Waals surface area contributed by atoms with Crippen LogP contribution in [0, 0.1) is 11.8 Å². The van der Waals surface area contributed by atoms with E-state index >= 15 is 0 Å². The van der Waals surface area contributed by atoms with Crippen molar-refractivity contribution in [1.82, 2.24) is 0 Å². The van der Waals surface area contributed by atoms with E-state index in [2.05, 4.69) is 53.9 Å². The lowest BCUT2D eigenvalue weighted by Crippen LogP contribution is -2.59. The highest BCUT2D eigenvalue weighted by atomic mass is 28.4. The molecule has 5 heteroatoms. The standard InChI is InChI=1S/C26H50O3Si2/c1-25(2,15-13-19-9-11-21-23(17-19)27-21)31(7,8)29-26(3,4)30(5,6)16-14-20-10-12-22-24(18-20)28-22/h19-24H,9-18H2,1-8H3. The average molecular weight is 467 g/mol. The van der Waals surface area contributed by atoms with Crippen LogP contribution in [0.5, 0.6) is 0 Å². The van der Waals surface area contributed by atoms with E-state index in [-0.39, 0.29) is 5.22 Å². The Morgan fingerprint density at radius 2 is 1.26 bits per heavy atom. The molecule has 4 aliphatic rings. The molecule has 0 N–H and O–H groups in total. The topological polar surface area (TPSA) is 34.3 Å². The highest BCUT2D eigenvalue weighted by Crippen LogP contribution is 2.49. The zero-order valence-electron chi connectivity index (χ0n) is 21.8. The lowest BCUT2D eigenvalue weighted by Gasteiger charge is -2.50. The van der Waals surface area contributed by atoms with Crippen LogP contribution < -0.4 is 0 Å². The van der Waals surface area contributed by atoms with Crippen molar-refractivity contribution in [2.24, 2.45) is 11.8 Å². The van der Waals surface area contributed by atoms with Gasteiger partial charge in [-0.25, -0.2) is 0 Å². The van der Waals surface area contributed by atoms with Gasteiger partial charge < -0.3 is 13.9 Å². The monoisotopic (exact) mass is 466 g/mol. The van der Waals surface area contributed by atoms with Crippen molar-refractivity contribution in [1.29, 1.82) is 0 Å². The van der Waals surface area contributed by atoms with E-state index in [4.69, 9.17) is 13.9 Å². The fourth-order valence-electron chi connectivity index (χ4n) is 6.14. The van der Waals surface area contributed by atoms with Crippen molar-refractivity contribution in [2.45, 2.75) is 152 Å². The molecule has 2 heterocycles. The second kappa shape index (κ2) is 8.51. The van der Waals surface area contributed by atoms with Gasteiger partial charge in [-0.2, -0.15) is 0 Å². The van der Waals surface area contributed by atoms with Crippen LogP contribution >= 0.6 is 0 Å². The summed E-state index contributed by atoms with van der Waals surface area (Å²) in [7, 11) is -3.37. The summed E-state index contributed by atoms with van der Waals surface area (Å²) in [6.45, 7) is 20.0. The second-order valence-corrected chi connectivity index (χ2v) is 23.8. The van der Waals surface area contributed by atoms with Gasteiger partial charge >= 0.3 is 0 Å². The highest BCUT2D eigenvalue weighted by Gasteiger charge is 2.51. The summed E-state index contributed by atoms with van der Waals surface area (Å²) in [6, 6.07) is 1.39. The summed E-state index contributed by atoms with van der Waals surface area (Å²) >= 11 is 0. The molecular weight excluding hydrogens is 416 g/mol. The Morgan fingerprint density at radius 3 is 1.77 bits per heavy atom. The minimum Gasteiger partial charge on any atom is -0.415 e. The van der Waals surface area contributed by atoms with E-state index in [1.165, 1.54) is 63.8 Å². The third kappa shape index (κ3) is 5.53. The Hall–Kier alpha value is 0.314. The molecule has 0 bridgehead atoms. The maximum atomic E-state index is 7.24. The summed E-state index contributed by atoms with van der Waals surface area (Å²) in [5, 5.41) is 0.338. The van der Waals surface area contributed by atoms with Gasteiger partial charge in [-0.1, -0.05) is 45.8 Å². The lowest BCUT2D eigenvalue weighted by molar-refractivity contribution is 0.157. The number of ether oxygens (including phenoxy) is 2. The van der Waals surface area contributed by atoms with Crippen LogP contribution in [-0.4, -0.2) is 46.0 Å². The Balaban J connectivity index is 1.29. The van der Waals surface area contributed by atoms with Crippen molar-refractivity contribution in [3.8, 4) is 0 Å². The van der Waals surface area contributed by atoms with Crippen LogP contribution in [-0.2, 0) is 13.9 Å². The molecule has 2 aliphatic heterocycles. The molecule has 31 heavy (non-hydrogen) atoms. The van der Waals surface area contributed by atoms with Crippen molar-refractivity contribution in [3.05, 3.63) is 0 Å². The van der Waals surface area contributed by atoms with Crippen molar-refractivity contribution in [3.63, 3.8) is 0 Å². The minimum absolute atomic E-state index is 0.0349. The SMILES string of the molecule is CC(C)(O[Si](C)(C)C(C)(C)CCC1CCC2OC2C1)[Si](C)(C)CCC1CCC2OC2C1. The van der Waals surface area contributed by atoms with Gasteiger partial charge in [-0.3, -0.25) is 0 Å². The summed E-state index contributed by atoms with van der Waals surface area (Å²) in [5.74, 6) is 1.76. The number of epoxide rings is 2. The highest BCUT2D eigenvalue weighted by molar-refractivity contribution is 6.82. The van der Waals surface area contributed by atoms with Gasteiger partial charge in [-0.05, 0) is 88.8 Å². The fraction of sp³-hybridized carbons (Fsp3) is 1.00. The molecule has 6 atom stereocenters. The van der Waals surface area contributed by atoms with Gasteiger partial charge in [0.1, 0.15) is 0 Å². The van der Waals surface area contributed by atoms with Crippen LogP contribution in [0.3, 0.4) is 0 Å². The Kier molecular flexibility index (Phi) is 6.71. The first kappa shape index (κ1) is 24.4. The van der Waals surface area contributed by atoms with Crippen LogP contribution in [0.2, 0.25) is 37.3 Å². The first-order valence-electron chi connectivity index (χ1n) is 13.3. The number of hydrogen-bond acceptors (Lipinski definition) is 3. The summed E-state index contributed by atoms with van der Waals surface area (Å²) in [4.78, 5) is 0. The molecule has 2 saturated carbocycles. The van der Waals surface area contributed by atoms with E-state index < -0.39 is 16.4 Å². The molecule has 0 radical (unpaired) electrons. The van der Waals surface area contributed by atoms with Crippen LogP contribution in [0.4, 0.5) is 0 Å². The van der Waals surface area contributed by atoms with Crippen molar-refractivity contribution in [2.75, 3.05) is 0 Å². The second-order valence-electron chi connectivity index (χ2n) is 13.8. The minimum atomic E-state index is -1.86. The van der Waals surface area contributed by atoms with Gasteiger partial charge in [0.05, 0.1) is 32.5 Å². The third-order valence-corrected chi connectivity index (χ3v) is 20.0. The molecule has 3 nitrogen and oxygen atoms in total. The van der Waals surface area contributed by atoms with Gasteiger partial charge in [0.15, 0.2) is 8.32 Å². The first-order valence-corrected chi connectivity index (χ1v) is 19.4. The molecule has 180 valence electrons. The van der Waals surface area contributed by atoms with Crippen LogP contribution in [0.1, 0.15) is 85.5 Å². The van der Waals surface area contributed by atoms with Gasteiger partial charge in [-0.15, -0.1) is 0 Å². The summed E-state index contributed by atoms with van der Waals surface area (Å²) in [6.07, 6.45) is 14.5. The number of fused-ring (bicyclic) bond motifs is 2. The predicted octanol–water partition coefficient (Wildman–Crippen LogP) is 7.32. The molecule has 6 unspecified atom stereocenters. The van der Waals surface area contributed by atoms with E-state index in [0.717, 1.165) is 11.8 Å². The molecule has 0 amide bonds. The average Bonchev–Trinajstić information content (AvgIpc) is 3.57. The maximum absolute atomic E-state index is 7.24. The zero-order valence-corrected chi connectivity index (χ0v) is 23.8. The van der Waals surface area contributed by atoms with E-state index in [0.29, 0.717) is 29.5 Å². The van der Waals surface area contributed by atoms with Crippen molar-refractivity contribution < 1.29 is 13.9 Å². The van der Waals surface area contributed by atoms with Gasteiger partial charge in [0.25, 0.3) is 0 Å². The largest absolute Gasteiger partial charge is 0.415 e. The molecule has 0 spiro atoms. The van der Waals surface area contributed by atoms with Gasteiger partial charge in [0.2, 0.25) is 0 Å². The number of hydrogen-bond donors (Lipinski definition) is 0. The Morgan fingerprint density at radius 1 is 0.742 bits per heavy atom. The lowest BCUT2D eigenvalue weighted by atomic mass is 9.84. The summed E-state index contributed by atoms with van der Waals surface area (Å²) in [5.41, 5.74) is 0. The van der Waals surface area contributed by atoms with Crippen molar-refractivity contribution >= 4 is 16.4 Å². The molecular formula is C26H50O3Si2. The molecule has 4 rings (SSSR count). The van der Waals surface area contributed by atoms with E-state index in [1.54, 1.807) is 0 Å². The molecule has 4 fully saturated rings. The maximum Gasteiger partial charge on any atom is 0.192 e. The Bertz CT molecular complexity index is 591. The molecule has 0 aromatic carbocycles. The van der Waals surface area contributed by atoms with Crippen LogP contribution in [0.25, 0.3) is 0 Å². The number of rotatable bonds is 10. The quantitative estimate of drug-likeness (QED) is 0.250. The van der Waals surface area contributed by atoms with E-state index in [1.807, 2.05) is 0 Å². The first-order chi connectivity index (χ1) is 14.3. The normalized spacial score (nSPS) is 36.0. The van der Waals surface area contributed by atoms with E-state index in [9.17, 15) is 0 Å². The predicted molar refractivity (Wildman–Crippen MR) is 135 cm³/mol. The Labute approximate surface area is 194 Å². The molecule has 2 saturated heterocycles. The van der Waals surface area contributed by atoms with Crippen LogP contribution in [0.15, 0.2) is 0 Å². The molecule has 2 aliphatic carbocycles. The summed E-state index contributed by atoms with van der Waals surface area (Å²) < 4.78 is 18.8. The fourth-order valence-corrected chi connectivity index (χ4v) is 12.0. The molecule has 0 aromatic rings. The zero-order chi connectivity index (χ0) is 22.7. The van der Waals surface area contributed by atoms with Gasteiger partial charge in [0, 0.05) is 5.22 Å². The molecule has 0 aromatic heterocycles.